The number of rotatable bonds is 8. The van der Waals surface area contributed by atoms with Crippen LogP contribution < -0.4 is 10.5 Å². The van der Waals surface area contributed by atoms with E-state index in [2.05, 4.69) is 0 Å². The van der Waals surface area contributed by atoms with E-state index in [0.29, 0.717) is 25.1 Å². The molecular weight excluding hydrogens is 418 g/mol. The molecule has 1 atom stereocenters. The number of fused-ring (bicyclic) bond motifs is 1. The minimum atomic E-state index is -3.67. The molecule has 1 unspecified atom stereocenters. The summed E-state index contributed by atoms with van der Waals surface area (Å²) in [4.78, 5) is 26.4. The van der Waals surface area contributed by atoms with E-state index in [0.717, 1.165) is 11.1 Å². The summed E-state index contributed by atoms with van der Waals surface area (Å²) in [7, 11) is -0.682. The van der Waals surface area contributed by atoms with Gasteiger partial charge in [0.1, 0.15) is 11.8 Å². The molecule has 2 amide bonds. The first-order valence-electron chi connectivity index (χ1n) is 10.00. The summed E-state index contributed by atoms with van der Waals surface area (Å²) in [6.45, 7) is 0.494. The van der Waals surface area contributed by atoms with Gasteiger partial charge in [0, 0.05) is 33.0 Å². The monoisotopic (exact) mass is 445 g/mol. The van der Waals surface area contributed by atoms with Crippen LogP contribution >= 0.6 is 0 Å². The predicted octanol–water partition coefficient (Wildman–Crippen LogP) is 1.53. The molecular formula is C22H27N3O5S. The van der Waals surface area contributed by atoms with Gasteiger partial charge in [0.15, 0.2) is 0 Å². The molecule has 2 aromatic rings. The number of sulfonamides is 1. The van der Waals surface area contributed by atoms with Crippen molar-refractivity contribution in [2.75, 3.05) is 20.7 Å². The van der Waals surface area contributed by atoms with Crippen molar-refractivity contribution in [3.05, 3.63) is 59.7 Å². The van der Waals surface area contributed by atoms with Crippen LogP contribution in [0.4, 0.5) is 0 Å². The molecule has 0 spiro atoms. The number of carbonyl (C=O) groups excluding carboxylic acids is 2. The molecule has 1 aliphatic rings. The first-order chi connectivity index (χ1) is 14.7. The quantitative estimate of drug-likeness (QED) is 0.663. The zero-order chi connectivity index (χ0) is 22.6. The molecule has 0 saturated carbocycles. The normalized spacial score (nSPS) is 16.1. The molecule has 0 radical (unpaired) electrons. The Bertz CT molecular complexity index is 1050. The van der Waals surface area contributed by atoms with E-state index in [-0.39, 0.29) is 23.8 Å². The van der Waals surface area contributed by atoms with Crippen LogP contribution in [0.15, 0.2) is 53.4 Å². The van der Waals surface area contributed by atoms with Gasteiger partial charge in [0.2, 0.25) is 21.8 Å². The van der Waals surface area contributed by atoms with Crippen LogP contribution in [0.3, 0.4) is 0 Å². The number of hydrogen-bond donors (Lipinski definition) is 1. The van der Waals surface area contributed by atoms with Gasteiger partial charge < -0.3 is 15.4 Å². The Morgan fingerprint density at radius 3 is 2.39 bits per heavy atom. The van der Waals surface area contributed by atoms with Crippen molar-refractivity contribution < 1.29 is 22.7 Å². The summed E-state index contributed by atoms with van der Waals surface area (Å²) >= 11 is 0. The minimum Gasteiger partial charge on any atom is -0.497 e. The van der Waals surface area contributed by atoms with E-state index < -0.39 is 22.0 Å². The highest BCUT2D eigenvalue weighted by atomic mass is 32.2. The maximum atomic E-state index is 12.8. The van der Waals surface area contributed by atoms with Crippen LogP contribution in [0.25, 0.3) is 0 Å². The highest BCUT2D eigenvalue weighted by Crippen LogP contribution is 2.24. The maximum Gasteiger partial charge on any atom is 0.242 e. The first-order valence-corrected chi connectivity index (χ1v) is 11.4. The van der Waals surface area contributed by atoms with Gasteiger partial charge in [-0.2, -0.15) is 0 Å². The van der Waals surface area contributed by atoms with Gasteiger partial charge in [0.25, 0.3) is 0 Å². The van der Waals surface area contributed by atoms with Gasteiger partial charge in [-0.3, -0.25) is 9.59 Å². The maximum absolute atomic E-state index is 12.8. The van der Waals surface area contributed by atoms with Crippen LogP contribution in [-0.2, 0) is 32.6 Å². The first kappa shape index (κ1) is 22.8. The summed E-state index contributed by atoms with van der Waals surface area (Å²) in [5.74, 6) is -0.185. The molecule has 1 heterocycles. The fourth-order valence-corrected chi connectivity index (χ4v) is 4.89. The van der Waals surface area contributed by atoms with Crippen molar-refractivity contribution in [1.82, 2.24) is 9.21 Å². The number of primary amides is 1. The SMILES string of the molecule is COc1ccc(S(=O)(=O)N(C)CCCC(=O)N2Cc3ccccc3CC2C(N)=O)cc1. The number of nitrogens with zero attached hydrogens (tertiary/aromatic N) is 2. The Morgan fingerprint density at radius 2 is 1.77 bits per heavy atom. The van der Waals surface area contributed by atoms with Gasteiger partial charge in [-0.25, -0.2) is 12.7 Å². The predicted molar refractivity (Wildman–Crippen MR) is 116 cm³/mol. The summed E-state index contributed by atoms with van der Waals surface area (Å²) < 4.78 is 31.7. The van der Waals surface area contributed by atoms with Crippen molar-refractivity contribution in [2.24, 2.45) is 5.73 Å². The number of hydrogen-bond acceptors (Lipinski definition) is 5. The molecule has 9 heteroatoms. The Morgan fingerprint density at radius 1 is 1.13 bits per heavy atom. The number of methoxy groups -OCH3 is 1. The van der Waals surface area contributed by atoms with Crippen LogP contribution in [0.5, 0.6) is 5.75 Å². The van der Waals surface area contributed by atoms with Gasteiger partial charge in [-0.1, -0.05) is 24.3 Å². The Kier molecular flexibility index (Phi) is 6.97. The Balaban J connectivity index is 1.61. The van der Waals surface area contributed by atoms with E-state index >= 15 is 0 Å². The Hall–Kier alpha value is -2.91. The molecule has 1 aliphatic heterocycles. The summed E-state index contributed by atoms with van der Waals surface area (Å²) in [6, 6.07) is 13.1. The van der Waals surface area contributed by atoms with Gasteiger partial charge in [-0.15, -0.1) is 0 Å². The number of benzene rings is 2. The summed E-state index contributed by atoms with van der Waals surface area (Å²) in [6.07, 6.45) is 0.839. The van der Waals surface area contributed by atoms with Gasteiger partial charge in [0.05, 0.1) is 12.0 Å². The van der Waals surface area contributed by atoms with Crippen LogP contribution in [0.1, 0.15) is 24.0 Å². The lowest BCUT2D eigenvalue weighted by molar-refractivity contribution is -0.140. The zero-order valence-corrected chi connectivity index (χ0v) is 18.5. The highest BCUT2D eigenvalue weighted by Gasteiger charge is 2.33. The zero-order valence-electron chi connectivity index (χ0n) is 17.7. The lowest BCUT2D eigenvalue weighted by atomic mass is 9.93. The number of ether oxygens (including phenoxy) is 1. The van der Waals surface area contributed by atoms with Gasteiger partial charge in [-0.05, 0) is 41.8 Å². The van der Waals surface area contributed by atoms with E-state index in [1.165, 1.54) is 35.5 Å². The molecule has 0 fully saturated rings. The van der Waals surface area contributed by atoms with E-state index in [1.54, 1.807) is 12.1 Å². The lowest BCUT2D eigenvalue weighted by Crippen LogP contribution is -2.51. The van der Waals surface area contributed by atoms with Crippen molar-refractivity contribution in [3.8, 4) is 5.75 Å². The fourth-order valence-electron chi connectivity index (χ4n) is 3.68. The molecule has 3 rings (SSSR count). The molecule has 2 aromatic carbocycles. The third-order valence-corrected chi connectivity index (χ3v) is 7.40. The molecule has 31 heavy (non-hydrogen) atoms. The molecule has 0 aliphatic carbocycles. The largest absolute Gasteiger partial charge is 0.497 e. The standard InChI is InChI=1S/C22H27N3O5S/c1-24(31(28,29)19-11-9-18(30-2)10-12-19)13-5-8-21(26)25-15-17-7-4-3-6-16(17)14-20(25)22(23)27/h3-4,6-7,9-12,20H,5,8,13-15H2,1-2H3,(H2,23,27). The Labute approximate surface area is 182 Å². The summed E-state index contributed by atoms with van der Waals surface area (Å²) in [5, 5.41) is 0. The van der Waals surface area contributed by atoms with Crippen molar-refractivity contribution in [2.45, 2.75) is 36.7 Å². The number of carbonyl (C=O) groups is 2. The van der Waals surface area contributed by atoms with Crippen LogP contribution in [0.2, 0.25) is 0 Å². The minimum absolute atomic E-state index is 0.119. The average molecular weight is 446 g/mol. The van der Waals surface area contributed by atoms with E-state index in [1.807, 2.05) is 24.3 Å². The highest BCUT2D eigenvalue weighted by molar-refractivity contribution is 7.89. The van der Waals surface area contributed by atoms with E-state index in [9.17, 15) is 18.0 Å². The molecule has 0 saturated heterocycles. The molecule has 2 N–H and O–H groups in total. The van der Waals surface area contributed by atoms with Crippen molar-refractivity contribution in [1.29, 1.82) is 0 Å². The molecule has 8 nitrogen and oxygen atoms in total. The third kappa shape index (κ3) is 5.05. The second-order valence-electron chi connectivity index (χ2n) is 7.52. The molecule has 166 valence electrons. The van der Waals surface area contributed by atoms with Crippen LogP contribution in [-0.4, -0.2) is 56.2 Å². The number of nitrogens with two attached hydrogens (primary N) is 1. The average Bonchev–Trinajstić information content (AvgIpc) is 2.77. The van der Waals surface area contributed by atoms with Crippen molar-refractivity contribution in [3.63, 3.8) is 0 Å². The topological polar surface area (TPSA) is 110 Å². The summed E-state index contributed by atoms with van der Waals surface area (Å²) in [5.41, 5.74) is 7.55. The van der Waals surface area contributed by atoms with E-state index in [4.69, 9.17) is 10.5 Å². The second-order valence-corrected chi connectivity index (χ2v) is 9.56. The third-order valence-electron chi connectivity index (χ3n) is 5.53. The smallest absolute Gasteiger partial charge is 0.242 e. The lowest BCUT2D eigenvalue weighted by Gasteiger charge is -2.35. The fraction of sp³-hybridized carbons (Fsp3) is 0.364. The van der Waals surface area contributed by atoms with Gasteiger partial charge >= 0.3 is 0 Å². The second kappa shape index (κ2) is 9.49. The van der Waals surface area contributed by atoms with Crippen LogP contribution in [0, 0.1) is 0 Å². The number of amides is 2. The van der Waals surface area contributed by atoms with Crippen molar-refractivity contribution >= 4 is 21.8 Å². The molecule has 0 aromatic heterocycles. The molecule has 0 bridgehead atoms.